The number of alkyl halides is 18. The summed E-state index contributed by atoms with van der Waals surface area (Å²) in [5.74, 6) is 8.08. The van der Waals surface area contributed by atoms with Crippen molar-refractivity contribution in [2.24, 2.45) is 47.3 Å². The van der Waals surface area contributed by atoms with Crippen LogP contribution in [0.4, 0.5) is 79.0 Å². The van der Waals surface area contributed by atoms with Crippen molar-refractivity contribution in [3.63, 3.8) is 0 Å². The molecule has 0 aromatic heterocycles. The zero-order valence-electron chi connectivity index (χ0n) is 85.4. The third kappa shape index (κ3) is 55.0. The molecule has 136 heavy (non-hydrogen) atoms. The fourth-order valence-corrected chi connectivity index (χ4v) is 17.7. The molecule has 0 aromatic carbocycles. The first-order valence-electron chi connectivity index (χ1n) is 49.3. The van der Waals surface area contributed by atoms with Crippen molar-refractivity contribution in [2.75, 3.05) is 13.2 Å². The van der Waals surface area contributed by atoms with E-state index in [0.29, 0.717) is 33.3 Å². The van der Waals surface area contributed by atoms with Crippen molar-refractivity contribution in [3.05, 3.63) is 179 Å². The molecule has 0 spiro atoms. The van der Waals surface area contributed by atoms with Crippen LogP contribution in [0.3, 0.4) is 0 Å². The number of ether oxygens (including phenoxy) is 2. The molecule has 26 heteroatoms. The summed E-state index contributed by atoms with van der Waals surface area (Å²) in [4.78, 5) is 0. The lowest BCUT2D eigenvalue weighted by Gasteiger charge is -2.51. The maximum absolute atomic E-state index is 12.3. The van der Waals surface area contributed by atoms with Crippen LogP contribution in [0.15, 0.2) is 179 Å². The second kappa shape index (κ2) is 61.9. The van der Waals surface area contributed by atoms with Gasteiger partial charge < -0.3 is 40.1 Å². The van der Waals surface area contributed by atoms with E-state index < -0.39 is 114 Å². The average Bonchev–Trinajstić information content (AvgIpc) is 0.974. The van der Waals surface area contributed by atoms with Crippen LogP contribution in [0.5, 0.6) is 0 Å². The van der Waals surface area contributed by atoms with Gasteiger partial charge in [-0.15, -0.1) is 13.2 Å². The van der Waals surface area contributed by atoms with Gasteiger partial charge in [0.25, 0.3) is 0 Å². The minimum atomic E-state index is -5.00. The number of aliphatic hydroxyl groups is 6. The molecule has 2 heterocycles. The Kier molecular flexibility index (Phi) is 59.3. The molecule has 0 aromatic rings. The SMILES string of the molecule is C/C(=C/C(C)(O)C(F)(F)F)CC(C)(O)C(F)(F)F.C1=COCC1.C1=COCCC1.C=C(C)C.C=C(C)CC(C)(O)C(F)(F)F.C=C(CC(C)(O)C(F)(F)F)CC(C)(O)C(F)(F)F.C=C1C2CC3CC(C2)CC1C3.C=C1CC2CCC1C2.C=C1CCCCC1.CC(C)=CCC(C)(O)C(F)(F)F.CC1=CC2CCC1C2.CC1=CCCC1.CC1=CCCCC1.CCC1=CCCC1.CCC1=CCCCC1. The van der Waals surface area contributed by atoms with E-state index in [1.165, 1.54) is 242 Å². The lowest BCUT2D eigenvalue weighted by Crippen LogP contribution is -2.45. The lowest BCUT2D eigenvalue weighted by molar-refractivity contribution is -0.258. The zero-order valence-corrected chi connectivity index (χ0v) is 85.4. The molecule has 0 saturated heterocycles. The van der Waals surface area contributed by atoms with E-state index in [4.69, 9.17) is 40.1 Å². The van der Waals surface area contributed by atoms with E-state index >= 15 is 0 Å². The summed E-state index contributed by atoms with van der Waals surface area (Å²) in [5, 5.41) is 54.1. The summed E-state index contributed by atoms with van der Waals surface area (Å²) >= 11 is 0. The van der Waals surface area contributed by atoms with Crippen LogP contribution in [0.25, 0.3) is 0 Å². The topological polar surface area (TPSA) is 140 Å². The van der Waals surface area contributed by atoms with E-state index in [-0.39, 0.29) is 6.08 Å². The van der Waals surface area contributed by atoms with E-state index in [1.54, 1.807) is 71.8 Å². The molecule has 6 N–H and O–H groups in total. The molecule has 0 amide bonds. The highest BCUT2D eigenvalue weighted by Gasteiger charge is 2.55. The minimum absolute atomic E-state index is 0.257. The van der Waals surface area contributed by atoms with Gasteiger partial charge in [0.1, 0.15) is 0 Å². The van der Waals surface area contributed by atoms with E-state index in [2.05, 4.69) is 104 Å². The smallest absolute Gasteiger partial charge is 0.420 e. The van der Waals surface area contributed by atoms with Crippen molar-refractivity contribution in [1.82, 2.24) is 0 Å². The molecular formula is C110H174F18O8. The van der Waals surface area contributed by atoms with Gasteiger partial charge in [0, 0.05) is 38.5 Å². The predicted molar refractivity (Wildman–Crippen MR) is 521 cm³/mol. The lowest BCUT2D eigenvalue weighted by atomic mass is 9.54. The first kappa shape index (κ1) is 130. The summed E-state index contributed by atoms with van der Waals surface area (Å²) in [6.45, 7) is 48.0. The van der Waals surface area contributed by atoms with Gasteiger partial charge in [-0.25, -0.2) is 0 Å². The van der Waals surface area contributed by atoms with Gasteiger partial charge in [-0.1, -0.05) is 155 Å². The Hall–Kier alpha value is -5.80. The maximum Gasteiger partial charge on any atom is 0.420 e. The molecule has 15 rings (SSSR count). The fourth-order valence-electron chi connectivity index (χ4n) is 17.7. The predicted octanol–water partition coefficient (Wildman–Crippen LogP) is 34.9. The third-order valence-electron chi connectivity index (χ3n) is 26.2. The summed E-state index contributed by atoms with van der Waals surface area (Å²) in [5.41, 5.74) is -3.89. The quantitative estimate of drug-likeness (QED) is 0.0792. The monoisotopic (exact) mass is 1970 g/mol. The molecule has 8 nitrogen and oxygen atoms in total. The van der Waals surface area contributed by atoms with E-state index in [0.717, 1.165) is 93.3 Å². The molecule has 13 aliphatic carbocycles. The summed E-state index contributed by atoms with van der Waals surface area (Å²) in [6.07, 6.45) is 37.7. The van der Waals surface area contributed by atoms with Gasteiger partial charge in [-0.2, -0.15) is 79.0 Å². The molecule has 10 unspecified atom stereocenters. The molecule has 10 atom stereocenters. The highest BCUT2D eigenvalue weighted by molar-refractivity contribution is 5.19. The van der Waals surface area contributed by atoms with Crippen LogP contribution >= 0.6 is 0 Å². The second-order valence-corrected chi connectivity index (χ2v) is 41.4. The van der Waals surface area contributed by atoms with Crippen molar-refractivity contribution in [2.45, 2.75) is 452 Å². The summed E-state index contributed by atoms with van der Waals surface area (Å²) in [6, 6.07) is 0. The second-order valence-electron chi connectivity index (χ2n) is 41.4. The van der Waals surface area contributed by atoms with Crippen molar-refractivity contribution in [3.8, 4) is 0 Å². The van der Waals surface area contributed by atoms with Crippen molar-refractivity contribution >= 4 is 0 Å². The standard InChI is InChI=1S/C11H16.2C10H14F6O2.C8H13F3O.2C8H12.C8H14.C7H11F3O.3C7H12.C6H10.C5H8O.C4H6O.C4H8/c1-7-10-3-8-2-9(5-10)6-11(7)4-8;2*1-6(4-7(2,17)9(11,12)13)5-8(3,18)10(14,15)16;1-6(2)4-5-7(3,12)8(9,10)11;2*1-6-4-7-2-3-8(6)5-7;1-2-8-6-4-3-5-7-8;1-5(2)4-6(3,11)7(8,9)10;2*1-7-5-3-2-4-6-7;1-2-7-5-3-4-6-7;1-6-4-2-3-5-6;1-2-4-6-5-3-1;1-2-4-5-3-1;1-4(2)3/h8-11H,1-6H2;4,17-18H,5H2,1-3H3;17-18H,1,4-5H2,2-3H3;4,12H,5H2,1-3H3;4,7-8H,2-3,5H2,1H3;7-8H,1-5H2;6H,2-5,7H2,1H3;11H,1,4H2,2-3H3;5H,2-4,6H2,1H3;1-6H2;5H,2-4,6H2,1H3;4H,2-3,5H2,1H3;2,4H,1,3,5H2;1,3H,2,4H2;1H2,2-3H3/b;6-4-;;;;;;;;;;;;;. The van der Waals surface area contributed by atoms with Crippen molar-refractivity contribution < 1.29 is 119 Å². The molecule has 8 bridgehead atoms. The number of halogens is 18. The molecule has 788 valence electrons. The number of hydrogen-bond donors (Lipinski definition) is 6. The fraction of sp³-hybridized carbons (Fsp3) is 0.727. The van der Waals surface area contributed by atoms with Crippen LogP contribution in [0.1, 0.15) is 381 Å². The Bertz CT molecular complexity index is 3720. The molecule has 2 aliphatic heterocycles. The normalized spacial score (nSPS) is 25.1. The first-order chi connectivity index (χ1) is 62.4. The van der Waals surface area contributed by atoms with Crippen LogP contribution < -0.4 is 0 Å². The van der Waals surface area contributed by atoms with Gasteiger partial charge in [-0.05, 0) is 388 Å². The molecule has 8 fully saturated rings. The number of allylic oxidation sites excluding steroid dienone is 16. The van der Waals surface area contributed by atoms with Crippen LogP contribution in [0, 0.1) is 47.3 Å². The Morgan fingerprint density at radius 3 is 1.04 bits per heavy atom. The number of rotatable bonds is 13. The summed E-state index contributed by atoms with van der Waals surface area (Å²) in [7, 11) is 0. The number of fused-ring (bicyclic) bond motifs is 4. The highest BCUT2D eigenvalue weighted by Crippen LogP contribution is 2.56. The highest BCUT2D eigenvalue weighted by atomic mass is 19.4. The Labute approximate surface area is 806 Å². The van der Waals surface area contributed by atoms with Gasteiger partial charge in [-0.3, -0.25) is 0 Å². The Morgan fingerprint density at radius 1 is 0.404 bits per heavy atom. The van der Waals surface area contributed by atoms with Crippen molar-refractivity contribution in [1.29, 1.82) is 0 Å². The van der Waals surface area contributed by atoms with Crippen LogP contribution in [-0.2, 0) is 9.47 Å². The van der Waals surface area contributed by atoms with Gasteiger partial charge in [0.15, 0.2) is 33.6 Å². The van der Waals surface area contributed by atoms with Gasteiger partial charge in [0.05, 0.1) is 25.7 Å². The molecule has 0 radical (unpaired) electrons. The average molecular weight is 1970 g/mol. The molecular weight excluding hydrogens is 1790 g/mol. The van der Waals surface area contributed by atoms with Gasteiger partial charge in [0.2, 0.25) is 0 Å². The van der Waals surface area contributed by atoms with Crippen LogP contribution in [0.2, 0.25) is 0 Å². The minimum Gasteiger partial charge on any atom is -0.502 e. The third-order valence-corrected chi connectivity index (χ3v) is 26.2. The van der Waals surface area contributed by atoms with Gasteiger partial charge >= 0.3 is 37.1 Å². The Morgan fingerprint density at radius 2 is 0.801 bits per heavy atom. The van der Waals surface area contributed by atoms with E-state index in [1.807, 2.05) is 26.0 Å². The maximum atomic E-state index is 12.3. The zero-order chi connectivity index (χ0) is 105. The first-order valence-corrected chi connectivity index (χ1v) is 49.3. The largest absolute Gasteiger partial charge is 0.502 e. The molecule has 8 saturated carbocycles. The number of hydrogen-bond acceptors (Lipinski definition) is 8. The van der Waals surface area contributed by atoms with E-state index in [9.17, 15) is 79.0 Å². The molecule has 15 aliphatic rings. The Balaban J connectivity index is 0.00000146. The van der Waals surface area contributed by atoms with Crippen LogP contribution in [-0.4, -0.2) is 115 Å². The summed E-state index contributed by atoms with van der Waals surface area (Å²) < 4.78 is 229.